The Morgan fingerprint density at radius 3 is 3.00 bits per heavy atom. The lowest BCUT2D eigenvalue weighted by atomic mass is 10.3. The van der Waals surface area contributed by atoms with E-state index >= 15 is 0 Å². The SMILES string of the molecule is C=C(CNCC)CSCc1ccc(Cl)o1. The molecule has 0 unspecified atom stereocenters. The summed E-state index contributed by atoms with van der Waals surface area (Å²) in [6, 6.07) is 3.67. The van der Waals surface area contributed by atoms with Crippen molar-refractivity contribution < 1.29 is 4.42 Å². The molecule has 0 radical (unpaired) electrons. The molecule has 0 atom stereocenters. The van der Waals surface area contributed by atoms with Crippen molar-refractivity contribution in [1.29, 1.82) is 0 Å². The van der Waals surface area contributed by atoms with Crippen LogP contribution in [-0.4, -0.2) is 18.8 Å². The van der Waals surface area contributed by atoms with Crippen molar-refractivity contribution in [3.63, 3.8) is 0 Å². The van der Waals surface area contributed by atoms with E-state index < -0.39 is 0 Å². The van der Waals surface area contributed by atoms with Gasteiger partial charge in [-0.1, -0.05) is 19.1 Å². The first-order chi connectivity index (χ1) is 7.22. The Morgan fingerprint density at radius 2 is 2.40 bits per heavy atom. The zero-order valence-corrected chi connectivity index (χ0v) is 10.5. The first-order valence-corrected chi connectivity index (χ1v) is 6.45. The van der Waals surface area contributed by atoms with Gasteiger partial charge >= 0.3 is 0 Å². The summed E-state index contributed by atoms with van der Waals surface area (Å²) in [5.41, 5.74) is 1.21. The fraction of sp³-hybridized carbons (Fsp3) is 0.455. The Morgan fingerprint density at radius 1 is 1.60 bits per heavy atom. The standard InChI is InChI=1S/C11H16ClNOS/c1-3-13-6-9(2)7-15-8-10-4-5-11(12)14-10/h4-5,13H,2-3,6-8H2,1H3. The molecule has 4 heteroatoms. The van der Waals surface area contributed by atoms with Crippen LogP contribution in [-0.2, 0) is 5.75 Å². The Balaban J connectivity index is 2.13. The molecule has 0 aliphatic rings. The van der Waals surface area contributed by atoms with Crippen LogP contribution in [0.25, 0.3) is 0 Å². The van der Waals surface area contributed by atoms with Crippen molar-refractivity contribution in [2.75, 3.05) is 18.8 Å². The van der Waals surface area contributed by atoms with Crippen LogP contribution in [0.2, 0.25) is 5.22 Å². The molecule has 0 fully saturated rings. The number of likely N-dealkylation sites (N-methyl/N-ethyl adjacent to an activating group) is 1. The highest BCUT2D eigenvalue weighted by atomic mass is 35.5. The van der Waals surface area contributed by atoms with Gasteiger partial charge in [-0.2, -0.15) is 0 Å². The van der Waals surface area contributed by atoms with Gasteiger partial charge in [0.25, 0.3) is 0 Å². The average Bonchev–Trinajstić information content (AvgIpc) is 2.61. The average molecular weight is 246 g/mol. The highest BCUT2D eigenvalue weighted by Crippen LogP contribution is 2.19. The van der Waals surface area contributed by atoms with Crippen LogP contribution in [0, 0.1) is 0 Å². The van der Waals surface area contributed by atoms with Crippen LogP contribution in [0.4, 0.5) is 0 Å². The van der Waals surface area contributed by atoms with E-state index in [1.807, 2.05) is 6.07 Å². The molecule has 0 aromatic carbocycles. The number of hydrogen-bond donors (Lipinski definition) is 1. The van der Waals surface area contributed by atoms with Crippen molar-refractivity contribution in [2.45, 2.75) is 12.7 Å². The molecule has 0 aliphatic carbocycles. The zero-order valence-electron chi connectivity index (χ0n) is 8.88. The molecule has 2 nitrogen and oxygen atoms in total. The fourth-order valence-corrected chi connectivity index (χ4v) is 2.09. The van der Waals surface area contributed by atoms with E-state index in [9.17, 15) is 0 Å². The molecule has 0 spiro atoms. The summed E-state index contributed by atoms with van der Waals surface area (Å²) in [5.74, 6) is 2.71. The lowest BCUT2D eigenvalue weighted by Gasteiger charge is -2.04. The van der Waals surface area contributed by atoms with Crippen LogP contribution in [0.3, 0.4) is 0 Å². The van der Waals surface area contributed by atoms with Gasteiger partial charge in [0.1, 0.15) is 5.76 Å². The molecule has 0 aliphatic heterocycles. The normalized spacial score (nSPS) is 10.5. The second-order valence-corrected chi connectivity index (χ2v) is 4.59. The quantitative estimate of drug-likeness (QED) is 0.746. The Kier molecular flexibility index (Phi) is 5.91. The zero-order chi connectivity index (χ0) is 11.1. The van der Waals surface area contributed by atoms with Crippen molar-refractivity contribution in [3.05, 3.63) is 35.3 Å². The molecule has 15 heavy (non-hydrogen) atoms. The molecule has 1 aromatic heterocycles. The van der Waals surface area contributed by atoms with Gasteiger partial charge in [-0.15, -0.1) is 11.8 Å². The van der Waals surface area contributed by atoms with Crippen LogP contribution in [0.15, 0.2) is 28.7 Å². The Bertz CT molecular complexity index is 311. The molecule has 0 bridgehead atoms. The van der Waals surface area contributed by atoms with E-state index in [1.54, 1.807) is 17.8 Å². The molecule has 1 rings (SSSR count). The lowest BCUT2D eigenvalue weighted by molar-refractivity contribution is 0.532. The summed E-state index contributed by atoms with van der Waals surface area (Å²) < 4.78 is 5.25. The van der Waals surface area contributed by atoms with Crippen LogP contribution < -0.4 is 5.32 Å². The third-order valence-corrected chi connectivity index (χ3v) is 3.11. The topological polar surface area (TPSA) is 25.2 Å². The summed E-state index contributed by atoms with van der Waals surface area (Å²) in [6.07, 6.45) is 0. The van der Waals surface area contributed by atoms with Crippen molar-refractivity contribution in [1.82, 2.24) is 5.32 Å². The van der Waals surface area contributed by atoms with Crippen molar-refractivity contribution in [2.24, 2.45) is 0 Å². The fourth-order valence-electron chi connectivity index (χ4n) is 1.08. The van der Waals surface area contributed by atoms with Crippen molar-refractivity contribution in [3.8, 4) is 0 Å². The Hall–Kier alpha value is -0.380. The Labute approximate surface area is 100 Å². The largest absolute Gasteiger partial charge is 0.449 e. The second-order valence-electron chi connectivity index (χ2n) is 3.23. The maximum atomic E-state index is 5.67. The monoisotopic (exact) mass is 245 g/mol. The van der Waals surface area contributed by atoms with Gasteiger partial charge in [0.2, 0.25) is 0 Å². The van der Waals surface area contributed by atoms with E-state index in [-0.39, 0.29) is 0 Å². The smallest absolute Gasteiger partial charge is 0.193 e. The molecule has 0 amide bonds. The third-order valence-electron chi connectivity index (χ3n) is 1.80. The second kappa shape index (κ2) is 6.99. The van der Waals surface area contributed by atoms with Crippen molar-refractivity contribution >= 4 is 23.4 Å². The number of halogens is 1. The van der Waals surface area contributed by atoms with Gasteiger partial charge < -0.3 is 9.73 Å². The van der Waals surface area contributed by atoms with E-state index in [2.05, 4.69) is 18.8 Å². The number of nitrogens with one attached hydrogen (secondary N) is 1. The summed E-state index contributed by atoms with van der Waals surface area (Å²) in [4.78, 5) is 0. The molecule has 1 N–H and O–H groups in total. The highest BCUT2D eigenvalue weighted by Gasteiger charge is 2.00. The maximum absolute atomic E-state index is 5.67. The van der Waals surface area contributed by atoms with Gasteiger partial charge in [0, 0.05) is 12.3 Å². The minimum atomic E-state index is 0.456. The van der Waals surface area contributed by atoms with Gasteiger partial charge in [-0.25, -0.2) is 0 Å². The number of hydrogen-bond acceptors (Lipinski definition) is 3. The lowest BCUT2D eigenvalue weighted by Crippen LogP contribution is -2.16. The third kappa shape index (κ3) is 5.30. The van der Waals surface area contributed by atoms with E-state index in [0.29, 0.717) is 5.22 Å². The number of thioether (sulfide) groups is 1. The summed E-state index contributed by atoms with van der Waals surface area (Å²) in [7, 11) is 0. The summed E-state index contributed by atoms with van der Waals surface area (Å²) in [5, 5.41) is 3.70. The summed E-state index contributed by atoms with van der Waals surface area (Å²) >= 11 is 7.45. The molecular weight excluding hydrogens is 230 g/mol. The first-order valence-electron chi connectivity index (χ1n) is 4.91. The minimum absolute atomic E-state index is 0.456. The van der Waals surface area contributed by atoms with Gasteiger partial charge in [0.05, 0.1) is 5.75 Å². The predicted molar refractivity (Wildman–Crippen MR) is 67.6 cm³/mol. The maximum Gasteiger partial charge on any atom is 0.193 e. The van der Waals surface area contributed by atoms with E-state index in [1.165, 1.54) is 5.57 Å². The van der Waals surface area contributed by atoms with Crippen LogP contribution in [0.5, 0.6) is 0 Å². The van der Waals surface area contributed by atoms with Crippen LogP contribution in [0.1, 0.15) is 12.7 Å². The van der Waals surface area contributed by atoms with E-state index in [0.717, 1.165) is 30.4 Å². The molecule has 1 heterocycles. The van der Waals surface area contributed by atoms with Gasteiger partial charge in [-0.3, -0.25) is 0 Å². The first kappa shape index (κ1) is 12.7. The predicted octanol–water partition coefficient (Wildman–Crippen LogP) is 3.33. The molecule has 84 valence electrons. The van der Waals surface area contributed by atoms with E-state index in [4.69, 9.17) is 16.0 Å². The van der Waals surface area contributed by atoms with Gasteiger partial charge in [-0.05, 0) is 30.3 Å². The molecule has 0 saturated carbocycles. The highest BCUT2D eigenvalue weighted by molar-refractivity contribution is 7.98. The number of furan rings is 1. The molecule has 1 aromatic rings. The van der Waals surface area contributed by atoms with Crippen LogP contribution >= 0.6 is 23.4 Å². The minimum Gasteiger partial charge on any atom is -0.449 e. The van der Waals surface area contributed by atoms with Gasteiger partial charge in [0.15, 0.2) is 5.22 Å². The molecule has 0 saturated heterocycles. The number of rotatable bonds is 7. The molecular formula is C11H16ClNOS. The summed E-state index contributed by atoms with van der Waals surface area (Å²) in [6.45, 7) is 7.95.